The number of carbonyl (C=O) groups is 2. The van der Waals surface area contributed by atoms with Crippen LogP contribution in [0.1, 0.15) is 53.4 Å². The third-order valence-electron chi connectivity index (χ3n) is 4.50. The van der Waals surface area contributed by atoms with E-state index < -0.39 is 11.5 Å². The molecule has 2 unspecified atom stereocenters. The fourth-order valence-electron chi connectivity index (χ4n) is 3.42. The molecule has 1 amide bonds. The van der Waals surface area contributed by atoms with Crippen molar-refractivity contribution in [3.05, 3.63) is 0 Å². The van der Waals surface area contributed by atoms with E-state index in [1.54, 1.807) is 4.90 Å². The van der Waals surface area contributed by atoms with Crippen molar-refractivity contribution >= 4 is 11.9 Å². The molecule has 0 radical (unpaired) electrons. The maximum atomic E-state index is 12.5. The van der Waals surface area contributed by atoms with Crippen molar-refractivity contribution < 1.29 is 14.7 Å². The zero-order valence-electron chi connectivity index (χ0n) is 13.2. The first-order valence-electron chi connectivity index (χ1n) is 7.73. The predicted octanol–water partition coefficient (Wildman–Crippen LogP) is 1.96. The maximum absolute atomic E-state index is 12.5. The van der Waals surface area contributed by atoms with Crippen molar-refractivity contribution in [2.45, 2.75) is 65.0 Å². The highest BCUT2D eigenvalue weighted by atomic mass is 16.4. The molecule has 0 aromatic rings. The van der Waals surface area contributed by atoms with Crippen LogP contribution in [-0.4, -0.2) is 58.0 Å². The summed E-state index contributed by atoms with van der Waals surface area (Å²) in [6.45, 7) is 9.78. The Bertz CT molecular complexity index is 355. The first-order valence-corrected chi connectivity index (χ1v) is 7.73. The van der Waals surface area contributed by atoms with Gasteiger partial charge in [0.25, 0.3) is 0 Å². The average Bonchev–Trinajstić information content (AvgIpc) is 2.84. The van der Waals surface area contributed by atoms with Crippen LogP contribution in [0.15, 0.2) is 0 Å². The minimum atomic E-state index is -0.850. The van der Waals surface area contributed by atoms with Crippen LogP contribution in [0, 0.1) is 0 Å². The SMILES string of the molecule is CCCC1(C(=O)O)CCCN1C(C)C(=O)N(CC)CC. The molecule has 0 aromatic heterocycles. The summed E-state index contributed by atoms with van der Waals surface area (Å²) < 4.78 is 0. The van der Waals surface area contributed by atoms with Crippen LogP contribution in [0.3, 0.4) is 0 Å². The largest absolute Gasteiger partial charge is 0.480 e. The fraction of sp³-hybridized carbons (Fsp3) is 0.867. The quantitative estimate of drug-likeness (QED) is 0.776. The molecule has 5 nitrogen and oxygen atoms in total. The highest BCUT2D eigenvalue weighted by Gasteiger charge is 2.50. The van der Waals surface area contributed by atoms with Gasteiger partial charge in [-0.1, -0.05) is 13.3 Å². The second kappa shape index (κ2) is 7.07. The lowest BCUT2D eigenvalue weighted by Crippen LogP contribution is -2.58. The molecule has 1 rings (SSSR count). The van der Waals surface area contributed by atoms with Gasteiger partial charge in [0.15, 0.2) is 0 Å². The lowest BCUT2D eigenvalue weighted by atomic mass is 9.89. The van der Waals surface area contributed by atoms with E-state index in [1.807, 2.05) is 32.6 Å². The first-order chi connectivity index (χ1) is 9.44. The monoisotopic (exact) mass is 284 g/mol. The number of rotatable bonds is 7. The Morgan fingerprint density at radius 1 is 1.30 bits per heavy atom. The zero-order chi connectivity index (χ0) is 15.3. The van der Waals surface area contributed by atoms with Crippen LogP contribution in [0.5, 0.6) is 0 Å². The Morgan fingerprint density at radius 3 is 2.35 bits per heavy atom. The van der Waals surface area contributed by atoms with Crippen molar-refractivity contribution in [3.63, 3.8) is 0 Å². The standard InChI is InChI=1S/C15H28N2O3/c1-5-9-15(14(19)20)10-8-11-17(15)12(4)13(18)16(6-2)7-3/h12H,5-11H2,1-4H3,(H,19,20). The molecular weight excluding hydrogens is 256 g/mol. The fourth-order valence-corrected chi connectivity index (χ4v) is 3.42. The lowest BCUT2D eigenvalue weighted by Gasteiger charge is -2.39. The third-order valence-corrected chi connectivity index (χ3v) is 4.50. The maximum Gasteiger partial charge on any atom is 0.324 e. The van der Waals surface area contributed by atoms with Crippen molar-refractivity contribution in [1.29, 1.82) is 0 Å². The van der Waals surface area contributed by atoms with E-state index in [2.05, 4.69) is 0 Å². The van der Waals surface area contributed by atoms with Crippen molar-refractivity contribution in [2.24, 2.45) is 0 Å². The number of hydrogen-bond acceptors (Lipinski definition) is 3. The molecule has 0 aliphatic carbocycles. The summed E-state index contributed by atoms with van der Waals surface area (Å²) >= 11 is 0. The third kappa shape index (κ3) is 2.97. The number of carboxylic acids is 1. The molecule has 0 bridgehead atoms. The van der Waals surface area contributed by atoms with Gasteiger partial charge in [0.2, 0.25) is 5.91 Å². The Hall–Kier alpha value is -1.10. The Morgan fingerprint density at radius 2 is 1.90 bits per heavy atom. The van der Waals surface area contributed by atoms with Gasteiger partial charge < -0.3 is 10.0 Å². The van der Waals surface area contributed by atoms with Crippen LogP contribution in [0.25, 0.3) is 0 Å². The number of aliphatic carboxylic acids is 1. The lowest BCUT2D eigenvalue weighted by molar-refractivity contribution is -0.154. The van der Waals surface area contributed by atoms with E-state index in [1.165, 1.54) is 0 Å². The van der Waals surface area contributed by atoms with Crippen molar-refractivity contribution in [3.8, 4) is 0 Å². The molecule has 1 N–H and O–H groups in total. The number of hydrogen-bond donors (Lipinski definition) is 1. The molecule has 1 heterocycles. The van der Waals surface area contributed by atoms with E-state index in [4.69, 9.17) is 0 Å². The summed E-state index contributed by atoms with van der Waals surface area (Å²) in [5.74, 6) is -0.741. The first kappa shape index (κ1) is 17.0. The van der Waals surface area contributed by atoms with Crippen LogP contribution in [0.2, 0.25) is 0 Å². The van der Waals surface area contributed by atoms with E-state index in [9.17, 15) is 14.7 Å². The van der Waals surface area contributed by atoms with Gasteiger partial charge in [0.1, 0.15) is 5.54 Å². The number of carboxylic acid groups (broad SMARTS) is 1. The highest BCUT2D eigenvalue weighted by Crippen LogP contribution is 2.36. The summed E-state index contributed by atoms with van der Waals surface area (Å²) in [7, 11) is 0. The summed E-state index contributed by atoms with van der Waals surface area (Å²) in [5.41, 5.74) is -0.850. The molecule has 116 valence electrons. The number of likely N-dealkylation sites (tertiary alicyclic amines) is 1. The van der Waals surface area contributed by atoms with Gasteiger partial charge in [0.05, 0.1) is 6.04 Å². The molecule has 1 saturated heterocycles. The van der Waals surface area contributed by atoms with Gasteiger partial charge >= 0.3 is 5.97 Å². The number of amides is 1. The van der Waals surface area contributed by atoms with Crippen LogP contribution < -0.4 is 0 Å². The molecule has 20 heavy (non-hydrogen) atoms. The number of likely N-dealkylation sites (N-methyl/N-ethyl adjacent to an activating group) is 1. The van der Waals surface area contributed by atoms with Crippen molar-refractivity contribution in [1.82, 2.24) is 9.80 Å². The summed E-state index contributed by atoms with van der Waals surface area (Å²) in [5, 5.41) is 9.68. The van der Waals surface area contributed by atoms with Gasteiger partial charge in [-0.3, -0.25) is 14.5 Å². The summed E-state index contributed by atoms with van der Waals surface area (Å²) in [6, 6.07) is -0.361. The van der Waals surface area contributed by atoms with E-state index in [0.29, 0.717) is 32.5 Å². The van der Waals surface area contributed by atoms with Crippen LogP contribution in [-0.2, 0) is 9.59 Å². The normalized spacial score (nSPS) is 24.6. The molecular formula is C15H28N2O3. The number of nitrogens with zero attached hydrogens (tertiary/aromatic N) is 2. The molecule has 1 aliphatic heterocycles. The van der Waals surface area contributed by atoms with E-state index in [-0.39, 0.29) is 11.9 Å². The second-order valence-corrected chi connectivity index (χ2v) is 5.57. The zero-order valence-corrected chi connectivity index (χ0v) is 13.2. The van der Waals surface area contributed by atoms with Gasteiger partial charge in [-0.2, -0.15) is 0 Å². The van der Waals surface area contributed by atoms with Gasteiger partial charge in [-0.15, -0.1) is 0 Å². The second-order valence-electron chi connectivity index (χ2n) is 5.57. The molecule has 1 aliphatic rings. The Labute approximate surface area is 121 Å². The van der Waals surface area contributed by atoms with Gasteiger partial charge in [-0.25, -0.2) is 0 Å². The molecule has 0 aromatic carbocycles. The highest BCUT2D eigenvalue weighted by molar-refractivity contribution is 5.84. The Balaban J connectivity index is 2.97. The molecule has 2 atom stereocenters. The number of carbonyl (C=O) groups excluding carboxylic acids is 1. The predicted molar refractivity (Wildman–Crippen MR) is 78.6 cm³/mol. The summed E-state index contributed by atoms with van der Waals surface area (Å²) in [4.78, 5) is 28.0. The topological polar surface area (TPSA) is 60.9 Å². The van der Waals surface area contributed by atoms with E-state index >= 15 is 0 Å². The van der Waals surface area contributed by atoms with Gasteiger partial charge in [0, 0.05) is 19.6 Å². The molecule has 1 fully saturated rings. The average molecular weight is 284 g/mol. The van der Waals surface area contributed by atoms with Gasteiger partial charge in [-0.05, 0) is 40.0 Å². The molecule has 0 spiro atoms. The minimum Gasteiger partial charge on any atom is -0.480 e. The smallest absolute Gasteiger partial charge is 0.324 e. The molecule has 0 saturated carbocycles. The molecule has 5 heteroatoms. The van der Waals surface area contributed by atoms with Crippen molar-refractivity contribution in [2.75, 3.05) is 19.6 Å². The van der Waals surface area contributed by atoms with Crippen LogP contribution in [0.4, 0.5) is 0 Å². The minimum absolute atomic E-state index is 0.0404. The Kier molecular flexibility index (Phi) is 5.99. The van der Waals surface area contributed by atoms with E-state index in [0.717, 1.165) is 12.8 Å². The van der Waals surface area contributed by atoms with Crippen LogP contribution >= 0.6 is 0 Å². The summed E-state index contributed by atoms with van der Waals surface area (Å²) in [6.07, 6.45) is 2.92.